The zero-order chi connectivity index (χ0) is 22.9. The van der Waals surface area contributed by atoms with Gasteiger partial charge in [0.05, 0.1) is 11.3 Å². The quantitative estimate of drug-likeness (QED) is 0.452. The van der Waals surface area contributed by atoms with Crippen molar-refractivity contribution >= 4 is 29.5 Å². The second-order valence-corrected chi connectivity index (χ2v) is 10.2. The minimum atomic E-state index is -0.602. The summed E-state index contributed by atoms with van der Waals surface area (Å²) in [6, 6.07) is 3.65. The average Bonchev–Trinajstić information content (AvgIpc) is 2.79. The highest BCUT2D eigenvalue weighted by Gasteiger charge is 2.22. The topological polar surface area (TPSA) is 97.4 Å². The Labute approximate surface area is 194 Å². The van der Waals surface area contributed by atoms with Crippen LogP contribution >= 0.6 is 11.8 Å². The van der Waals surface area contributed by atoms with Crippen LogP contribution in [0.3, 0.4) is 0 Å². The Morgan fingerprint density at radius 1 is 0.938 bits per heavy atom. The van der Waals surface area contributed by atoms with E-state index in [1.54, 1.807) is 18.3 Å². The first-order valence-corrected chi connectivity index (χ1v) is 12.7. The highest BCUT2D eigenvalue weighted by atomic mass is 32.2. The molecule has 2 aliphatic rings. The fourth-order valence-electron chi connectivity index (χ4n) is 4.35. The molecule has 32 heavy (non-hydrogen) atoms. The van der Waals surface area contributed by atoms with Gasteiger partial charge in [0.1, 0.15) is 5.03 Å². The van der Waals surface area contributed by atoms with Crippen molar-refractivity contribution in [2.24, 2.45) is 11.8 Å². The van der Waals surface area contributed by atoms with Gasteiger partial charge in [0, 0.05) is 18.3 Å². The Bertz CT molecular complexity index is 787. The molecule has 0 saturated heterocycles. The first-order valence-electron chi connectivity index (χ1n) is 11.7. The number of nitrogens with one attached hydrogen (secondary N) is 2. The largest absolute Gasteiger partial charge is 0.452 e. The van der Waals surface area contributed by atoms with Crippen molar-refractivity contribution in [2.45, 2.75) is 82.3 Å². The minimum absolute atomic E-state index is 0.0549. The number of ether oxygens (including phenoxy) is 1. The van der Waals surface area contributed by atoms with E-state index in [4.69, 9.17) is 4.74 Å². The van der Waals surface area contributed by atoms with E-state index in [0.717, 1.165) is 57.3 Å². The number of pyridine rings is 1. The number of carbonyl (C=O) groups excluding carboxylic acids is 3. The second-order valence-electron chi connectivity index (χ2n) is 9.27. The highest BCUT2D eigenvalue weighted by Crippen LogP contribution is 2.25. The molecule has 0 bridgehead atoms. The van der Waals surface area contributed by atoms with E-state index in [1.165, 1.54) is 11.8 Å². The van der Waals surface area contributed by atoms with E-state index >= 15 is 0 Å². The lowest BCUT2D eigenvalue weighted by molar-refractivity contribution is -0.125. The smallest absolute Gasteiger partial charge is 0.341 e. The summed E-state index contributed by atoms with van der Waals surface area (Å²) < 4.78 is 5.23. The standard InChI is InChI=1S/C24H35N3O4S/c1-16-5-9-18(10-6-16)26-21(28)14-31-24(30)20-4-3-13-25-23(20)32-15-22(29)27-19-11-7-17(2)8-12-19/h3-4,13,16-19H,5-12,14-15H2,1-2H3,(H,26,28)(H,27,29). The lowest BCUT2D eigenvalue weighted by atomic mass is 9.87. The second kappa shape index (κ2) is 12.2. The number of carbonyl (C=O) groups is 3. The van der Waals surface area contributed by atoms with Gasteiger partial charge in [0.25, 0.3) is 5.91 Å². The first kappa shape index (κ1) is 24.6. The SMILES string of the molecule is CC1CCC(NC(=O)COC(=O)c2cccnc2SCC(=O)NC2CCC(C)CC2)CC1. The molecule has 3 rings (SSSR count). The molecule has 2 saturated carbocycles. The molecule has 8 heteroatoms. The third-order valence-corrected chi connectivity index (χ3v) is 7.43. The number of hydrogen-bond acceptors (Lipinski definition) is 6. The van der Waals surface area contributed by atoms with Gasteiger partial charge in [-0.3, -0.25) is 9.59 Å². The number of hydrogen-bond donors (Lipinski definition) is 2. The molecule has 7 nitrogen and oxygen atoms in total. The normalized spacial score (nSPS) is 25.6. The maximum atomic E-state index is 12.5. The lowest BCUT2D eigenvalue weighted by Gasteiger charge is -2.26. The molecule has 0 unspecified atom stereocenters. The van der Waals surface area contributed by atoms with Crippen LogP contribution in [0, 0.1) is 11.8 Å². The Kier molecular flexibility index (Phi) is 9.38. The predicted molar refractivity (Wildman–Crippen MR) is 124 cm³/mol. The molecule has 0 aliphatic heterocycles. The van der Waals surface area contributed by atoms with Crippen LogP contribution < -0.4 is 10.6 Å². The molecule has 1 heterocycles. The van der Waals surface area contributed by atoms with Crippen LogP contribution in [-0.2, 0) is 14.3 Å². The van der Waals surface area contributed by atoms with Gasteiger partial charge in [-0.15, -0.1) is 0 Å². The van der Waals surface area contributed by atoms with Gasteiger partial charge in [-0.25, -0.2) is 9.78 Å². The molecule has 176 valence electrons. The van der Waals surface area contributed by atoms with Gasteiger partial charge in [0.2, 0.25) is 5.91 Å². The van der Waals surface area contributed by atoms with Crippen LogP contribution in [0.4, 0.5) is 0 Å². The summed E-state index contributed by atoms with van der Waals surface area (Å²) in [5, 5.41) is 6.47. The molecule has 0 radical (unpaired) electrons. The maximum absolute atomic E-state index is 12.5. The zero-order valence-electron chi connectivity index (χ0n) is 19.1. The van der Waals surface area contributed by atoms with Crippen LogP contribution in [0.1, 0.15) is 75.6 Å². The number of thioether (sulfide) groups is 1. The molecule has 0 atom stereocenters. The minimum Gasteiger partial charge on any atom is -0.452 e. The number of amides is 2. The van der Waals surface area contributed by atoms with Crippen LogP contribution in [-0.4, -0.2) is 47.2 Å². The summed E-state index contributed by atoms with van der Waals surface area (Å²) in [7, 11) is 0. The van der Waals surface area contributed by atoms with E-state index in [1.807, 2.05) is 0 Å². The monoisotopic (exact) mass is 461 g/mol. The third kappa shape index (κ3) is 7.80. The summed E-state index contributed by atoms with van der Waals surface area (Å²) >= 11 is 1.21. The molecule has 2 N–H and O–H groups in total. The average molecular weight is 462 g/mol. The Morgan fingerprint density at radius 3 is 2.09 bits per heavy atom. The summed E-state index contributed by atoms with van der Waals surface area (Å²) in [6.07, 6.45) is 10.0. The predicted octanol–water partition coefficient (Wildman–Crippen LogP) is 3.72. The van der Waals surface area contributed by atoms with E-state index in [0.29, 0.717) is 10.9 Å². The fraction of sp³-hybridized carbons (Fsp3) is 0.667. The van der Waals surface area contributed by atoms with Gasteiger partial charge in [0.15, 0.2) is 6.61 Å². The molecule has 1 aromatic heterocycles. The van der Waals surface area contributed by atoms with Crippen LogP contribution in [0.2, 0.25) is 0 Å². The molecule has 2 fully saturated rings. The first-order chi connectivity index (χ1) is 15.4. The van der Waals surface area contributed by atoms with Crippen molar-refractivity contribution in [2.75, 3.05) is 12.4 Å². The number of rotatable bonds is 8. The molecular formula is C24H35N3O4S. The van der Waals surface area contributed by atoms with Gasteiger partial charge >= 0.3 is 5.97 Å². The van der Waals surface area contributed by atoms with Crippen LogP contribution in [0.15, 0.2) is 23.4 Å². The summed E-state index contributed by atoms with van der Waals surface area (Å²) in [5.74, 6) is 0.681. The van der Waals surface area contributed by atoms with Gasteiger partial charge in [-0.1, -0.05) is 25.6 Å². The van der Waals surface area contributed by atoms with Crippen LogP contribution in [0.25, 0.3) is 0 Å². The lowest BCUT2D eigenvalue weighted by Crippen LogP contribution is -2.39. The van der Waals surface area contributed by atoms with Crippen LogP contribution in [0.5, 0.6) is 0 Å². The molecule has 0 aromatic carbocycles. The molecule has 1 aromatic rings. The Balaban J connectivity index is 1.43. The van der Waals surface area contributed by atoms with E-state index in [-0.39, 0.29) is 41.8 Å². The Hall–Kier alpha value is -2.09. The van der Waals surface area contributed by atoms with Crippen molar-refractivity contribution < 1.29 is 19.1 Å². The van der Waals surface area contributed by atoms with Crippen molar-refractivity contribution in [3.8, 4) is 0 Å². The van der Waals surface area contributed by atoms with Crippen molar-refractivity contribution in [1.82, 2.24) is 15.6 Å². The number of nitrogens with zero attached hydrogens (tertiary/aromatic N) is 1. The maximum Gasteiger partial charge on any atom is 0.341 e. The summed E-state index contributed by atoms with van der Waals surface area (Å²) in [4.78, 5) is 41.3. The summed E-state index contributed by atoms with van der Waals surface area (Å²) in [6.45, 7) is 4.16. The van der Waals surface area contributed by atoms with E-state index in [2.05, 4.69) is 29.5 Å². The van der Waals surface area contributed by atoms with Gasteiger partial charge < -0.3 is 15.4 Å². The zero-order valence-corrected chi connectivity index (χ0v) is 19.9. The molecule has 2 aliphatic carbocycles. The van der Waals surface area contributed by atoms with Gasteiger partial charge in [-0.05, 0) is 75.3 Å². The summed E-state index contributed by atoms with van der Waals surface area (Å²) in [5.41, 5.74) is 0.274. The fourth-order valence-corrected chi connectivity index (χ4v) is 5.14. The number of aromatic nitrogens is 1. The Morgan fingerprint density at radius 2 is 1.50 bits per heavy atom. The highest BCUT2D eigenvalue weighted by molar-refractivity contribution is 8.00. The molecule has 0 spiro atoms. The molecular weight excluding hydrogens is 426 g/mol. The number of esters is 1. The third-order valence-electron chi connectivity index (χ3n) is 6.43. The van der Waals surface area contributed by atoms with Crippen molar-refractivity contribution in [3.63, 3.8) is 0 Å². The van der Waals surface area contributed by atoms with E-state index in [9.17, 15) is 14.4 Å². The van der Waals surface area contributed by atoms with E-state index < -0.39 is 5.97 Å². The molecule has 2 amide bonds. The van der Waals surface area contributed by atoms with Crippen molar-refractivity contribution in [1.29, 1.82) is 0 Å². The van der Waals surface area contributed by atoms with Gasteiger partial charge in [-0.2, -0.15) is 0 Å². The van der Waals surface area contributed by atoms with Crippen molar-refractivity contribution in [3.05, 3.63) is 23.9 Å².